The molecule has 0 aliphatic rings. The molecule has 0 aliphatic carbocycles. The van der Waals surface area contributed by atoms with Gasteiger partial charge in [0, 0.05) is 24.1 Å². The van der Waals surface area contributed by atoms with Gasteiger partial charge in [-0.15, -0.1) is 0 Å². The molecule has 19 heavy (non-hydrogen) atoms. The molecule has 0 spiro atoms. The molecule has 0 aliphatic heterocycles. The summed E-state index contributed by atoms with van der Waals surface area (Å²) in [6, 6.07) is 3.66. The van der Waals surface area contributed by atoms with Gasteiger partial charge in [-0.25, -0.2) is 8.78 Å². The Labute approximate surface area is 111 Å². The van der Waals surface area contributed by atoms with Crippen molar-refractivity contribution in [2.75, 3.05) is 0 Å². The fourth-order valence-corrected chi connectivity index (χ4v) is 2.00. The van der Waals surface area contributed by atoms with Gasteiger partial charge < -0.3 is 10.4 Å². The molecular weight excluding hydrogens is 252 g/mol. The topological polar surface area (TPSA) is 49.3 Å². The van der Waals surface area contributed by atoms with Crippen LogP contribution in [0.5, 0.6) is 0 Å². The zero-order valence-corrected chi connectivity index (χ0v) is 11.1. The Morgan fingerprint density at radius 2 is 1.84 bits per heavy atom. The smallest absolute Gasteiger partial charge is 0.303 e. The predicted molar refractivity (Wildman–Crippen MR) is 69.0 cm³/mol. The maximum atomic E-state index is 13.5. The van der Waals surface area contributed by atoms with E-state index in [4.69, 9.17) is 5.11 Å². The largest absolute Gasteiger partial charge is 0.481 e. The van der Waals surface area contributed by atoms with Crippen LogP contribution < -0.4 is 5.32 Å². The number of nitrogens with one attached hydrogen (secondary N) is 1. The minimum absolute atomic E-state index is 0.0130. The summed E-state index contributed by atoms with van der Waals surface area (Å²) in [6.07, 6.45) is 0.796. The van der Waals surface area contributed by atoms with Crippen LogP contribution in [0.3, 0.4) is 0 Å². The average molecular weight is 271 g/mol. The molecular formula is C14H19F2NO2. The summed E-state index contributed by atoms with van der Waals surface area (Å²) in [5, 5.41) is 11.7. The first-order chi connectivity index (χ1) is 8.90. The normalized spacial score (nSPS) is 14.1. The summed E-state index contributed by atoms with van der Waals surface area (Å²) in [4.78, 5) is 10.4. The fraction of sp³-hybridized carbons (Fsp3) is 0.500. The van der Waals surface area contributed by atoms with Crippen molar-refractivity contribution < 1.29 is 18.7 Å². The molecule has 1 aromatic carbocycles. The Morgan fingerprint density at radius 1 is 1.26 bits per heavy atom. The molecule has 0 amide bonds. The molecule has 3 nitrogen and oxygen atoms in total. The predicted octanol–water partition coefficient (Wildman–Crippen LogP) is 2.74. The number of carboxylic acids is 1. The van der Waals surface area contributed by atoms with Crippen LogP contribution in [0.4, 0.5) is 8.78 Å². The summed E-state index contributed by atoms with van der Waals surface area (Å²) >= 11 is 0. The van der Waals surface area contributed by atoms with Crippen LogP contribution in [0, 0.1) is 11.6 Å². The van der Waals surface area contributed by atoms with E-state index in [0.717, 1.165) is 0 Å². The van der Waals surface area contributed by atoms with Crippen molar-refractivity contribution in [1.29, 1.82) is 0 Å². The molecule has 2 atom stereocenters. The van der Waals surface area contributed by atoms with E-state index in [1.165, 1.54) is 18.2 Å². The van der Waals surface area contributed by atoms with E-state index in [-0.39, 0.29) is 30.5 Å². The number of benzene rings is 1. The molecule has 5 heteroatoms. The molecule has 0 radical (unpaired) electrons. The van der Waals surface area contributed by atoms with E-state index >= 15 is 0 Å². The Bertz CT molecular complexity index is 417. The van der Waals surface area contributed by atoms with Crippen molar-refractivity contribution in [1.82, 2.24) is 5.32 Å². The van der Waals surface area contributed by atoms with Crippen molar-refractivity contribution in [3.63, 3.8) is 0 Å². The highest BCUT2D eigenvalue weighted by Gasteiger charge is 2.14. The maximum absolute atomic E-state index is 13.5. The lowest BCUT2D eigenvalue weighted by Crippen LogP contribution is -2.36. The zero-order chi connectivity index (χ0) is 14.4. The van der Waals surface area contributed by atoms with E-state index < -0.39 is 17.6 Å². The molecule has 0 fully saturated rings. The second-order valence-corrected chi connectivity index (χ2v) is 4.81. The third-order valence-corrected chi connectivity index (χ3v) is 2.93. The van der Waals surface area contributed by atoms with Crippen LogP contribution in [-0.4, -0.2) is 23.2 Å². The van der Waals surface area contributed by atoms with Crippen LogP contribution in [0.1, 0.15) is 32.3 Å². The van der Waals surface area contributed by atoms with Crippen molar-refractivity contribution >= 4 is 5.97 Å². The zero-order valence-electron chi connectivity index (χ0n) is 11.1. The van der Waals surface area contributed by atoms with Gasteiger partial charge in [0.15, 0.2) is 0 Å². The molecule has 0 aromatic heterocycles. The maximum Gasteiger partial charge on any atom is 0.303 e. The SMILES string of the molecule is CC(CCC(=O)O)NC(C)Cc1c(F)cccc1F. The Morgan fingerprint density at radius 3 is 2.37 bits per heavy atom. The highest BCUT2D eigenvalue weighted by Crippen LogP contribution is 2.14. The van der Waals surface area contributed by atoms with Gasteiger partial charge in [-0.2, -0.15) is 0 Å². The highest BCUT2D eigenvalue weighted by atomic mass is 19.1. The Hall–Kier alpha value is -1.49. The van der Waals surface area contributed by atoms with Gasteiger partial charge in [0.2, 0.25) is 0 Å². The summed E-state index contributed by atoms with van der Waals surface area (Å²) in [7, 11) is 0. The lowest BCUT2D eigenvalue weighted by molar-refractivity contribution is -0.137. The molecule has 2 unspecified atom stereocenters. The Balaban J connectivity index is 2.51. The second kappa shape index (κ2) is 7.19. The minimum atomic E-state index is -0.846. The summed E-state index contributed by atoms with van der Waals surface area (Å²) < 4.78 is 26.9. The third kappa shape index (κ3) is 5.34. The molecule has 2 N–H and O–H groups in total. The number of hydrogen-bond donors (Lipinski definition) is 2. The first kappa shape index (κ1) is 15.6. The summed E-state index contributed by atoms with van der Waals surface area (Å²) in [5.41, 5.74) is 0.0629. The Kier molecular flexibility index (Phi) is 5.89. The third-order valence-electron chi connectivity index (χ3n) is 2.93. The number of rotatable bonds is 7. The van der Waals surface area contributed by atoms with Crippen molar-refractivity contribution in [2.24, 2.45) is 0 Å². The standard InChI is InChI=1S/C14H19F2NO2/c1-9(6-7-14(18)19)17-10(2)8-11-12(15)4-3-5-13(11)16/h3-5,9-10,17H,6-8H2,1-2H3,(H,18,19). The lowest BCUT2D eigenvalue weighted by atomic mass is 10.0. The monoisotopic (exact) mass is 271 g/mol. The van der Waals surface area contributed by atoms with E-state index in [1.54, 1.807) is 0 Å². The highest BCUT2D eigenvalue weighted by molar-refractivity contribution is 5.66. The fourth-order valence-electron chi connectivity index (χ4n) is 2.00. The van der Waals surface area contributed by atoms with Gasteiger partial charge in [-0.3, -0.25) is 4.79 Å². The van der Waals surface area contributed by atoms with E-state index in [9.17, 15) is 13.6 Å². The minimum Gasteiger partial charge on any atom is -0.481 e. The number of aliphatic carboxylic acids is 1. The first-order valence-corrected chi connectivity index (χ1v) is 6.31. The number of carbonyl (C=O) groups is 1. The summed E-state index contributed by atoms with van der Waals surface area (Å²) in [6.45, 7) is 3.68. The van der Waals surface area contributed by atoms with Crippen molar-refractivity contribution in [2.45, 2.75) is 45.2 Å². The number of hydrogen-bond acceptors (Lipinski definition) is 2. The van der Waals surface area contributed by atoms with Gasteiger partial charge in [0.25, 0.3) is 0 Å². The quantitative estimate of drug-likeness (QED) is 0.801. The van der Waals surface area contributed by atoms with Gasteiger partial charge in [0.05, 0.1) is 0 Å². The van der Waals surface area contributed by atoms with Crippen LogP contribution in [0.2, 0.25) is 0 Å². The van der Waals surface area contributed by atoms with Gasteiger partial charge in [-0.1, -0.05) is 6.07 Å². The molecule has 1 aromatic rings. The average Bonchev–Trinajstić information content (AvgIpc) is 2.31. The number of carboxylic acid groups (broad SMARTS) is 1. The second-order valence-electron chi connectivity index (χ2n) is 4.81. The van der Waals surface area contributed by atoms with Crippen molar-refractivity contribution in [3.8, 4) is 0 Å². The van der Waals surface area contributed by atoms with Crippen molar-refractivity contribution in [3.05, 3.63) is 35.4 Å². The van der Waals surface area contributed by atoms with Gasteiger partial charge in [-0.05, 0) is 38.8 Å². The van der Waals surface area contributed by atoms with Crippen LogP contribution in [-0.2, 0) is 11.2 Å². The first-order valence-electron chi connectivity index (χ1n) is 6.31. The molecule has 0 saturated heterocycles. The van der Waals surface area contributed by atoms with Crippen LogP contribution in [0.25, 0.3) is 0 Å². The summed E-state index contributed by atoms with van der Waals surface area (Å²) in [5.74, 6) is -1.94. The van der Waals surface area contributed by atoms with E-state index in [2.05, 4.69) is 5.32 Å². The van der Waals surface area contributed by atoms with Crippen LogP contribution in [0.15, 0.2) is 18.2 Å². The van der Waals surface area contributed by atoms with Crippen LogP contribution >= 0.6 is 0 Å². The van der Waals surface area contributed by atoms with E-state index in [1.807, 2.05) is 13.8 Å². The lowest BCUT2D eigenvalue weighted by Gasteiger charge is -2.20. The van der Waals surface area contributed by atoms with Gasteiger partial charge in [0.1, 0.15) is 11.6 Å². The van der Waals surface area contributed by atoms with E-state index in [0.29, 0.717) is 6.42 Å². The molecule has 0 saturated carbocycles. The van der Waals surface area contributed by atoms with Gasteiger partial charge >= 0.3 is 5.97 Å². The molecule has 0 bridgehead atoms. The molecule has 0 heterocycles. The number of halogens is 2. The molecule has 1 rings (SSSR count). The molecule has 106 valence electrons.